The molecule has 1 atom stereocenters. The van der Waals surface area contributed by atoms with Gasteiger partial charge in [-0.05, 0) is 18.4 Å². The van der Waals surface area contributed by atoms with Crippen molar-refractivity contribution < 1.29 is 9.53 Å². The molecule has 2 aliphatic heterocycles. The number of carbonyl (C=O) groups excluding carboxylic acids is 1. The van der Waals surface area contributed by atoms with E-state index in [1.54, 1.807) is 11.8 Å². The summed E-state index contributed by atoms with van der Waals surface area (Å²) < 4.78 is 4.93. The predicted molar refractivity (Wildman–Crippen MR) is 55.1 cm³/mol. The molecule has 4 nitrogen and oxygen atoms in total. The van der Waals surface area contributed by atoms with Crippen molar-refractivity contribution in [2.45, 2.75) is 13.0 Å². The molecule has 76 valence electrons. The Labute approximate surface area is 86.9 Å². The van der Waals surface area contributed by atoms with Gasteiger partial charge in [-0.25, -0.2) is 10.2 Å². The van der Waals surface area contributed by atoms with Crippen molar-refractivity contribution in [2.75, 3.05) is 12.4 Å². The molecular formula is C9H12N2O2S. The average Bonchev–Trinajstić information content (AvgIpc) is 2.61. The van der Waals surface area contributed by atoms with Crippen LogP contribution in [0.25, 0.3) is 0 Å². The fraction of sp³-hybridized carbons (Fsp3) is 0.444. The Kier molecular flexibility index (Phi) is 2.79. The average molecular weight is 212 g/mol. The fourth-order valence-electron chi connectivity index (χ4n) is 1.39. The van der Waals surface area contributed by atoms with Gasteiger partial charge in [0.25, 0.3) is 0 Å². The quantitative estimate of drug-likeness (QED) is 0.687. The molecule has 0 fully saturated rings. The second kappa shape index (κ2) is 4.06. The minimum atomic E-state index is -0.326. The smallest absolute Gasteiger partial charge is 0.329 e. The van der Waals surface area contributed by atoms with Crippen LogP contribution < -0.4 is 5.43 Å². The number of nitrogens with one attached hydrogen (secondary N) is 1. The molecular weight excluding hydrogens is 200 g/mol. The Balaban J connectivity index is 2.03. The molecule has 0 saturated heterocycles. The molecule has 0 radical (unpaired) electrons. The van der Waals surface area contributed by atoms with E-state index in [4.69, 9.17) is 4.74 Å². The van der Waals surface area contributed by atoms with E-state index >= 15 is 0 Å². The lowest BCUT2D eigenvalue weighted by molar-refractivity contribution is -0.144. The molecule has 0 aromatic heterocycles. The van der Waals surface area contributed by atoms with Crippen molar-refractivity contribution in [3.63, 3.8) is 0 Å². The van der Waals surface area contributed by atoms with Crippen molar-refractivity contribution in [2.24, 2.45) is 0 Å². The maximum absolute atomic E-state index is 11.4. The van der Waals surface area contributed by atoms with Crippen LogP contribution in [-0.4, -0.2) is 29.4 Å². The minimum absolute atomic E-state index is 0.215. The van der Waals surface area contributed by atoms with Crippen molar-refractivity contribution >= 4 is 17.7 Å². The van der Waals surface area contributed by atoms with Crippen LogP contribution in [0, 0.1) is 0 Å². The van der Waals surface area contributed by atoms with Crippen LogP contribution in [0.1, 0.15) is 6.92 Å². The fourth-order valence-corrected chi connectivity index (χ4v) is 2.10. The van der Waals surface area contributed by atoms with Gasteiger partial charge in [0, 0.05) is 17.6 Å². The highest BCUT2D eigenvalue weighted by atomic mass is 32.2. The molecule has 5 heteroatoms. The summed E-state index contributed by atoms with van der Waals surface area (Å²) in [6.07, 6.45) is 3.83. The van der Waals surface area contributed by atoms with Crippen molar-refractivity contribution in [1.29, 1.82) is 0 Å². The molecule has 1 N–H and O–H groups in total. The highest BCUT2D eigenvalue weighted by Gasteiger charge is 2.28. The van der Waals surface area contributed by atoms with E-state index in [9.17, 15) is 4.79 Å². The van der Waals surface area contributed by atoms with Crippen molar-refractivity contribution in [1.82, 2.24) is 10.4 Å². The molecule has 2 rings (SSSR count). The van der Waals surface area contributed by atoms with Crippen LogP contribution in [-0.2, 0) is 9.53 Å². The molecule has 1 unspecified atom stereocenters. The molecule has 2 aliphatic rings. The molecule has 0 amide bonds. The third-order valence-electron chi connectivity index (χ3n) is 2.02. The summed E-state index contributed by atoms with van der Waals surface area (Å²) in [5, 5.41) is 3.87. The van der Waals surface area contributed by atoms with Gasteiger partial charge in [-0.1, -0.05) is 0 Å². The Hall–Kier alpha value is -0.940. The number of hydrogen-bond donors (Lipinski definition) is 1. The zero-order valence-electron chi connectivity index (χ0n) is 7.90. The van der Waals surface area contributed by atoms with Gasteiger partial charge in [-0.3, -0.25) is 5.01 Å². The van der Waals surface area contributed by atoms with Crippen molar-refractivity contribution in [3.05, 3.63) is 23.4 Å². The standard InChI is InChI=1S/C9H12N2O2S/c1-2-13-9(12)8-5-7-6-14-4-3-11(7)10-8/h3-5,8,10H,2,6H2,1H3. The van der Waals surface area contributed by atoms with Gasteiger partial charge in [0.1, 0.15) is 6.04 Å². The number of fused-ring (bicyclic) bond motifs is 1. The van der Waals surface area contributed by atoms with Gasteiger partial charge in [0.15, 0.2) is 0 Å². The molecule has 0 aliphatic carbocycles. The second-order valence-electron chi connectivity index (χ2n) is 2.98. The third-order valence-corrected chi connectivity index (χ3v) is 2.80. The maximum atomic E-state index is 11.4. The summed E-state index contributed by atoms with van der Waals surface area (Å²) in [5.74, 6) is 0.687. The Morgan fingerprint density at radius 3 is 3.43 bits per heavy atom. The van der Waals surface area contributed by atoms with Gasteiger partial charge in [-0.15, -0.1) is 11.8 Å². The number of carbonyl (C=O) groups is 1. The first kappa shape index (κ1) is 9.61. The summed E-state index contributed by atoms with van der Waals surface area (Å²) in [7, 11) is 0. The third kappa shape index (κ3) is 1.78. The van der Waals surface area contributed by atoms with Gasteiger partial charge in [-0.2, -0.15) is 0 Å². The largest absolute Gasteiger partial charge is 0.465 e. The molecule has 0 aromatic rings. The van der Waals surface area contributed by atoms with E-state index in [0.29, 0.717) is 6.61 Å². The van der Waals surface area contributed by atoms with E-state index in [1.807, 2.05) is 29.6 Å². The predicted octanol–water partition coefficient (Wildman–Crippen LogP) is 0.840. The summed E-state index contributed by atoms with van der Waals surface area (Å²) >= 11 is 1.72. The minimum Gasteiger partial charge on any atom is -0.465 e. The van der Waals surface area contributed by atoms with E-state index in [2.05, 4.69) is 5.43 Å². The number of esters is 1. The van der Waals surface area contributed by atoms with Crippen molar-refractivity contribution in [3.8, 4) is 0 Å². The first-order valence-electron chi connectivity index (χ1n) is 4.52. The van der Waals surface area contributed by atoms with Crippen LogP contribution in [0.3, 0.4) is 0 Å². The normalized spacial score (nSPS) is 24.5. The lowest BCUT2D eigenvalue weighted by Crippen LogP contribution is -2.39. The van der Waals surface area contributed by atoms with Crippen LogP contribution in [0.5, 0.6) is 0 Å². The summed E-state index contributed by atoms with van der Waals surface area (Å²) in [6.45, 7) is 2.23. The number of hydrazine groups is 1. The molecule has 0 saturated carbocycles. The van der Waals surface area contributed by atoms with Gasteiger partial charge in [0.2, 0.25) is 0 Å². The summed E-state index contributed by atoms with van der Waals surface area (Å²) in [6, 6.07) is -0.326. The van der Waals surface area contributed by atoms with Crippen LogP contribution in [0.4, 0.5) is 0 Å². The van der Waals surface area contributed by atoms with E-state index < -0.39 is 0 Å². The van der Waals surface area contributed by atoms with E-state index in [1.165, 1.54) is 0 Å². The molecule has 14 heavy (non-hydrogen) atoms. The van der Waals surface area contributed by atoms with Gasteiger partial charge < -0.3 is 4.74 Å². The molecule has 0 aromatic carbocycles. The zero-order chi connectivity index (χ0) is 9.97. The van der Waals surface area contributed by atoms with Crippen LogP contribution in [0.15, 0.2) is 23.4 Å². The number of nitrogens with zero attached hydrogens (tertiary/aromatic N) is 1. The molecule has 2 heterocycles. The first-order chi connectivity index (χ1) is 6.81. The van der Waals surface area contributed by atoms with E-state index in [-0.39, 0.29) is 12.0 Å². The number of hydrogen-bond acceptors (Lipinski definition) is 5. The van der Waals surface area contributed by atoms with Gasteiger partial charge in [0.05, 0.1) is 6.61 Å². The van der Waals surface area contributed by atoms with Gasteiger partial charge >= 0.3 is 5.97 Å². The van der Waals surface area contributed by atoms with E-state index in [0.717, 1.165) is 11.4 Å². The number of thioether (sulfide) groups is 1. The summed E-state index contributed by atoms with van der Waals surface area (Å²) in [5.41, 5.74) is 4.16. The lowest BCUT2D eigenvalue weighted by Gasteiger charge is -2.21. The Morgan fingerprint density at radius 2 is 2.71 bits per heavy atom. The maximum Gasteiger partial charge on any atom is 0.329 e. The number of ether oxygens (including phenoxy) is 1. The topological polar surface area (TPSA) is 41.6 Å². The monoisotopic (exact) mass is 212 g/mol. The SMILES string of the molecule is CCOC(=O)C1C=C2CSC=CN2N1. The molecule has 0 spiro atoms. The Bertz CT molecular complexity index is 301. The van der Waals surface area contributed by atoms with Crippen LogP contribution >= 0.6 is 11.8 Å². The lowest BCUT2D eigenvalue weighted by atomic mass is 10.3. The highest BCUT2D eigenvalue weighted by Crippen LogP contribution is 2.23. The van der Waals surface area contributed by atoms with Crippen LogP contribution in [0.2, 0.25) is 0 Å². The second-order valence-corrected chi connectivity index (χ2v) is 3.88. The Morgan fingerprint density at radius 1 is 1.86 bits per heavy atom. The highest BCUT2D eigenvalue weighted by molar-refractivity contribution is 8.02. The zero-order valence-corrected chi connectivity index (χ0v) is 8.71. The number of rotatable bonds is 2. The summed E-state index contributed by atoms with van der Waals surface area (Å²) in [4.78, 5) is 11.4. The molecule has 0 bridgehead atoms. The first-order valence-corrected chi connectivity index (χ1v) is 5.57.